The first kappa shape index (κ1) is 22.2. The van der Waals surface area contributed by atoms with Gasteiger partial charge in [0, 0.05) is 24.6 Å². The van der Waals surface area contributed by atoms with Crippen molar-refractivity contribution >= 4 is 22.7 Å². The van der Waals surface area contributed by atoms with Gasteiger partial charge in [-0.25, -0.2) is 14.4 Å². The monoisotopic (exact) mass is 462 g/mol. The van der Waals surface area contributed by atoms with Crippen molar-refractivity contribution in [2.45, 2.75) is 38.4 Å². The number of nitrogens with zero attached hydrogens (tertiary/aromatic N) is 4. The summed E-state index contributed by atoms with van der Waals surface area (Å²) in [6, 6.07) is 12.8. The number of halogens is 1. The summed E-state index contributed by atoms with van der Waals surface area (Å²) in [6.45, 7) is 5.21. The molecule has 1 aliphatic heterocycles. The lowest BCUT2D eigenvalue weighted by molar-refractivity contribution is 0.0738. The van der Waals surface area contributed by atoms with Crippen LogP contribution in [-0.4, -0.2) is 43.8 Å². The Morgan fingerprint density at radius 2 is 2.00 bits per heavy atom. The van der Waals surface area contributed by atoms with Gasteiger partial charge in [0.1, 0.15) is 23.3 Å². The fraction of sp³-hybridized carbons (Fsp3) is 0.320. The summed E-state index contributed by atoms with van der Waals surface area (Å²) >= 11 is 0. The molecule has 1 saturated heterocycles. The fourth-order valence-electron chi connectivity index (χ4n) is 3.96. The lowest BCUT2D eigenvalue weighted by Crippen LogP contribution is -2.37. The van der Waals surface area contributed by atoms with Crippen LogP contribution in [0.15, 0.2) is 54.9 Å². The van der Waals surface area contributed by atoms with Crippen molar-refractivity contribution in [3.05, 3.63) is 66.4 Å². The SMILES string of the molecule is CC(C)(O)c1cccc(-n2cc(F)c3cnc(Nc4ccc(O[C@@H]5CCCNC5)cc4)nc32)n1. The zero-order chi connectivity index (χ0) is 23.7. The minimum absolute atomic E-state index is 0.185. The molecular weight excluding hydrogens is 435 g/mol. The van der Waals surface area contributed by atoms with Crippen LogP contribution in [0.4, 0.5) is 16.0 Å². The summed E-state index contributed by atoms with van der Waals surface area (Å²) in [5, 5.41) is 17.1. The molecule has 8 nitrogen and oxygen atoms in total. The van der Waals surface area contributed by atoms with Crippen molar-refractivity contribution in [2.75, 3.05) is 18.4 Å². The van der Waals surface area contributed by atoms with E-state index in [0.717, 1.165) is 37.4 Å². The van der Waals surface area contributed by atoms with Crippen LogP contribution >= 0.6 is 0 Å². The first-order valence-corrected chi connectivity index (χ1v) is 11.4. The van der Waals surface area contributed by atoms with Gasteiger partial charge in [0.15, 0.2) is 11.5 Å². The zero-order valence-corrected chi connectivity index (χ0v) is 19.1. The number of aromatic nitrogens is 4. The predicted octanol–water partition coefficient (Wildman–Crippen LogP) is 4.06. The Balaban J connectivity index is 1.39. The standard InChI is InChI=1S/C25H27FN6O2/c1-25(2,33)21-6-3-7-22(30-21)32-15-20(26)19-14-28-24(31-23(19)32)29-16-8-10-17(11-9-16)34-18-5-4-12-27-13-18/h3,6-11,14-15,18,27,33H,4-5,12-13H2,1-2H3,(H,28,29,31)/t18-/m1/s1. The fourth-order valence-corrected chi connectivity index (χ4v) is 3.96. The van der Waals surface area contributed by atoms with Crippen molar-refractivity contribution < 1.29 is 14.2 Å². The van der Waals surface area contributed by atoms with Gasteiger partial charge in [0.05, 0.1) is 11.1 Å². The largest absolute Gasteiger partial charge is 0.489 e. The normalized spacial score (nSPS) is 16.5. The maximum atomic E-state index is 14.6. The number of fused-ring (bicyclic) bond motifs is 1. The lowest BCUT2D eigenvalue weighted by Gasteiger charge is -2.24. The Hall–Kier alpha value is -3.56. The van der Waals surface area contributed by atoms with E-state index in [9.17, 15) is 9.50 Å². The third-order valence-electron chi connectivity index (χ3n) is 5.77. The number of nitrogens with one attached hydrogen (secondary N) is 2. The topological polar surface area (TPSA) is 97.1 Å². The number of rotatable bonds is 6. The van der Waals surface area contributed by atoms with Gasteiger partial charge >= 0.3 is 0 Å². The van der Waals surface area contributed by atoms with Gasteiger partial charge in [-0.3, -0.25) is 4.57 Å². The summed E-state index contributed by atoms with van der Waals surface area (Å²) in [7, 11) is 0. The number of anilines is 2. The molecule has 0 aliphatic carbocycles. The van der Waals surface area contributed by atoms with Crippen LogP contribution in [0.3, 0.4) is 0 Å². The average molecular weight is 463 g/mol. The van der Waals surface area contributed by atoms with Gasteiger partial charge < -0.3 is 20.5 Å². The highest BCUT2D eigenvalue weighted by molar-refractivity contribution is 5.79. The molecule has 1 fully saturated rings. The molecule has 0 bridgehead atoms. The van der Waals surface area contributed by atoms with Gasteiger partial charge in [-0.15, -0.1) is 0 Å². The summed E-state index contributed by atoms with van der Waals surface area (Å²) in [5.41, 5.74) is 0.517. The van der Waals surface area contributed by atoms with Crippen LogP contribution < -0.4 is 15.4 Å². The molecular formula is C25H27FN6O2. The van der Waals surface area contributed by atoms with E-state index in [2.05, 4.69) is 25.6 Å². The molecule has 3 aromatic heterocycles. The van der Waals surface area contributed by atoms with Crippen molar-refractivity contribution in [3.63, 3.8) is 0 Å². The summed E-state index contributed by atoms with van der Waals surface area (Å²) in [5.74, 6) is 1.15. The first-order chi connectivity index (χ1) is 16.4. The third kappa shape index (κ3) is 4.71. The molecule has 1 aliphatic rings. The Kier molecular flexibility index (Phi) is 5.89. The molecule has 5 rings (SSSR count). The number of piperidine rings is 1. The van der Waals surface area contributed by atoms with E-state index in [1.54, 1.807) is 36.6 Å². The van der Waals surface area contributed by atoms with Crippen LogP contribution in [0.1, 0.15) is 32.4 Å². The quantitative estimate of drug-likeness (QED) is 0.398. The van der Waals surface area contributed by atoms with Crippen molar-refractivity contribution in [1.29, 1.82) is 0 Å². The minimum Gasteiger partial charge on any atom is -0.489 e. The van der Waals surface area contributed by atoms with E-state index < -0.39 is 11.4 Å². The first-order valence-electron chi connectivity index (χ1n) is 11.4. The number of hydrogen-bond acceptors (Lipinski definition) is 7. The molecule has 1 aromatic carbocycles. The second kappa shape index (κ2) is 9.00. The molecule has 1 atom stereocenters. The molecule has 34 heavy (non-hydrogen) atoms. The molecule has 0 amide bonds. The highest BCUT2D eigenvalue weighted by Gasteiger charge is 2.20. The van der Waals surface area contributed by atoms with Gasteiger partial charge in [0.2, 0.25) is 5.95 Å². The van der Waals surface area contributed by atoms with Crippen LogP contribution in [0.2, 0.25) is 0 Å². The van der Waals surface area contributed by atoms with Crippen molar-refractivity contribution in [3.8, 4) is 11.6 Å². The number of ether oxygens (including phenoxy) is 1. The third-order valence-corrected chi connectivity index (χ3v) is 5.77. The predicted molar refractivity (Wildman–Crippen MR) is 128 cm³/mol. The van der Waals surface area contributed by atoms with Crippen LogP contribution in [0.5, 0.6) is 5.75 Å². The van der Waals surface area contributed by atoms with Crippen LogP contribution in [0, 0.1) is 5.82 Å². The number of pyridine rings is 1. The van der Waals surface area contributed by atoms with Crippen molar-refractivity contribution in [2.24, 2.45) is 0 Å². The molecule has 0 radical (unpaired) electrons. The van der Waals surface area contributed by atoms with Crippen molar-refractivity contribution in [1.82, 2.24) is 24.8 Å². The molecule has 176 valence electrons. The highest BCUT2D eigenvalue weighted by Crippen LogP contribution is 2.26. The maximum Gasteiger partial charge on any atom is 0.229 e. The van der Waals surface area contributed by atoms with Gasteiger partial charge in [-0.05, 0) is 69.6 Å². The van der Waals surface area contributed by atoms with Gasteiger partial charge in [0.25, 0.3) is 0 Å². The molecule has 0 saturated carbocycles. The lowest BCUT2D eigenvalue weighted by atomic mass is 10.1. The van der Waals surface area contributed by atoms with E-state index in [4.69, 9.17) is 4.74 Å². The molecule has 4 heterocycles. The van der Waals surface area contributed by atoms with E-state index in [0.29, 0.717) is 23.1 Å². The number of hydrogen-bond donors (Lipinski definition) is 3. The Morgan fingerprint density at radius 1 is 1.18 bits per heavy atom. The minimum atomic E-state index is -1.12. The zero-order valence-electron chi connectivity index (χ0n) is 19.1. The summed E-state index contributed by atoms with van der Waals surface area (Å²) in [6.07, 6.45) is 5.12. The van der Waals surface area contributed by atoms with E-state index >= 15 is 0 Å². The molecule has 4 aromatic rings. The average Bonchev–Trinajstić information content (AvgIpc) is 3.16. The van der Waals surface area contributed by atoms with Crippen LogP contribution in [0.25, 0.3) is 16.9 Å². The second-order valence-electron chi connectivity index (χ2n) is 8.95. The molecule has 3 N–H and O–H groups in total. The number of benzene rings is 1. The van der Waals surface area contributed by atoms with Gasteiger partial charge in [-0.1, -0.05) is 6.07 Å². The van der Waals surface area contributed by atoms with E-state index in [1.165, 1.54) is 12.4 Å². The number of aliphatic hydroxyl groups is 1. The molecule has 0 spiro atoms. The Labute approximate surface area is 196 Å². The highest BCUT2D eigenvalue weighted by atomic mass is 19.1. The second-order valence-corrected chi connectivity index (χ2v) is 8.95. The van der Waals surface area contributed by atoms with Gasteiger partial charge in [-0.2, -0.15) is 4.98 Å². The summed E-state index contributed by atoms with van der Waals surface area (Å²) < 4.78 is 22.2. The molecule has 9 heteroatoms. The van der Waals surface area contributed by atoms with E-state index in [-0.39, 0.29) is 11.5 Å². The Bertz CT molecular complexity index is 1290. The smallest absolute Gasteiger partial charge is 0.229 e. The molecule has 0 unspecified atom stereocenters. The Morgan fingerprint density at radius 3 is 2.74 bits per heavy atom. The van der Waals surface area contributed by atoms with Crippen LogP contribution in [-0.2, 0) is 5.60 Å². The van der Waals surface area contributed by atoms with E-state index in [1.807, 2.05) is 24.3 Å². The summed E-state index contributed by atoms with van der Waals surface area (Å²) in [4.78, 5) is 13.3. The maximum absolute atomic E-state index is 14.6.